The summed E-state index contributed by atoms with van der Waals surface area (Å²) in [5, 5.41) is 3.13. The van der Waals surface area contributed by atoms with E-state index in [9.17, 15) is 13.2 Å². The molecule has 88 valence electrons. The Labute approximate surface area is 91.1 Å². The molecule has 2 rings (SSSR count). The Kier molecular flexibility index (Phi) is 3.09. The van der Waals surface area contributed by atoms with Crippen LogP contribution in [-0.2, 0) is 6.18 Å². The van der Waals surface area contributed by atoms with Crippen molar-refractivity contribution in [1.29, 1.82) is 0 Å². The maximum absolute atomic E-state index is 12.4. The van der Waals surface area contributed by atoms with Crippen LogP contribution in [0, 0.1) is 0 Å². The summed E-state index contributed by atoms with van der Waals surface area (Å²) >= 11 is 0. The van der Waals surface area contributed by atoms with E-state index in [1.807, 2.05) is 0 Å². The van der Waals surface area contributed by atoms with Gasteiger partial charge in [0.05, 0.1) is 0 Å². The second kappa shape index (κ2) is 4.37. The van der Waals surface area contributed by atoms with Gasteiger partial charge >= 0.3 is 6.18 Å². The van der Waals surface area contributed by atoms with Crippen LogP contribution in [0.1, 0.15) is 30.3 Å². The molecule has 1 aromatic rings. The zero-order valence-corrected chi connectivity index (χ0v) is 8.59. The van der Waals surface area contributed by atoms with E-state index in [1.165, 1.54) is 6.20 Å². The molecule has 1 aliphatic rings. The average Bonchev–Trinajstić information content (AvgIpc) is 2.29. The van der Waals surface area contributed by atoms with Crippen LogP contribution in [0.2, 0.25) is 0 Å². The Hall–Kier alpha value is -1.17. The number of aromatic nitrogens is 2. The molecule has 1 saturated heterocycles. The predicted octanol–water partition coefficient (Wildman–Crippen LogP) is 1.96. The zero-order valence-electron chi connectivity index (χ0n) is 8.59. The second-order valence-corrected chi connectivity index (χ2v) is 3.84. The fourth-order valence-corrected chi connectivity index (χ4v) is 1.80. The SMILES string of the molecule is FC(F)(F)c1ccnc(C2CCCNC2)n1. The molecule has 1 aliphatic heterocycles. The summed E-state index contributed by atoms with van der Waals surface area (Å²) in [6.07, 6.45) is -1.42. The Morgan fingerprint density at radius 3 is 2.81 bits per heavy atom. The van der Waals surface area contributed by atoms with Crippen LogP contribution in [-0.4, -0.2) is 23.1 Å². The van der Waals surface area contributed by atoms with Crippen molar-refractivity contribution in [2.75, 3.05) is 13.1 Å². The van der Waals surface area contributed by atoms with Crippen LogP contribution < -0.4 is 5.32 Å². The zero-order chi connectivity index (χ0) is 11.6. The third-order valence-electron chi connectivity index (χ3n) is 2.63. The number of hydrogen-bond acceptors (Lipinski definition) is 3. The second-order valence-electron chi connectivity index (χ2n) is 3.84. The number of hydrogen-bond donors (Lipinski definition) is 1. The molecule has 1 unspecified atom stereocenters. The predicted molar refractivity (Wildman–Crippen MR) is 51.9 cm³/mol. The first-order chi connectivity index (χ1) is 7.57. The molecule has 3 nitrogen and oxygen atoms in total. The van der Waals surface area contributed by atoms with Crippen LogP contribution in [0.5, 0.6) is 0 Å². The molecule has 1 aromatic heterocycles. The van der Waals surface area contributed by atoms with Gasteiger partial charge in [0.2, 0.25) is 0 Å². The molecule has 0 saturated carbocycles. The van der Waals surface area contributed by atoms with Crippen LogP contribution in [0.25, 0.3) is 0 Å². The minimum atomic E-state index is -4.39. The molecule has 2 heterocycles. The van der Waals surface area contributed by atoms with Gasteiger partial charge in [-0.2, -0.15) is 13.2 Å². The molecule has 16 heavy (non-hydrogen) atoms. The molecule has 0 spiro atoms. The molecule has 0 aliphatic carbocycles. The first kappa shape index (κ1) is 11.3. The highest BCUT2D eigenvalue weighted by Crippen LogP contribution is 2.28. The third-order valence-corrected chi connectivity index (χ3v) is 2.63. The standard InChI is InChI=1S/C10H12F3N3/c11-10(12,13)8-3-5-15-9(16-8)7-2-1-4-14-6-7/h3,5,7,14H,1-2,4,6H2. The molecule has 1 atom stereocenters. The number of nitrogens with one attached hydrogen (secondary N) is 1. The maximum Gasteiger partial charge on any atom is 0.433 e. The molecule has 6 heteroatoms. The summed E-state index contributed by atoms with van der Waals surface area (Å²) in [4.78, 5) is 7.52. The van der Waals surface area contributed by atoms with Crippen molar-refractivity contribution in [3.05, 3.63) is 23.8 Å². The van der Waals surface area contributed by atoms with E-state index in [2.05, 4.69) is 15.3 Å². The van der Waals surface area contributed by atoms with Gasteiger partial charge in [-0.25, -0.2) is 9.97 Å². The van der Waals surface area contributed by atoms with Crippen LogP contribution in [0.3, 0.4) is 0 Å². The number of nitrogens with zero attached hydrogens (tertiary/aromatic N) is 2. The molecule has 0 amide bonds. The van der Waals surface area contributed by atoms with Crippen LogP contribution >= 0.6 is 0 Å². The summed E-state index contributed by atoms with van der Waals surface area (Å²) in [6, 6.07) is 0.903. The highest BCUT2D eigenvalue weighted by molar-refractivity contribution is 5.09. The molecule has 1 N–H and O–H groups in total. The van der Waals surface area contributed by atoms with Gasteiger partial charge in [-0.3, -0.25) is 0 Å². The van der Waals surface area contributed by atoms with Gasteiger partial charge < -0.3 is 5.32 Å². The topological polar surface area (TPSA) is 37.8 Å². The summed E-state index contributed by atoms with van der Waals surface area (Å²) in [6.45, 7) is 1.57. The molecule has 0 bridgehead atoms. The first-order valence-corrected chi connectivity index (χ1v) is 5.18. The van der Waals surface area contributed by atoms with Gasteiger partial charge in [0.15, 0.2) is 0 Å². The van der Waals surface area contributed by atoms with E-state index in [0.717, 1.165) is 25.5 Å². The Balaban J connectivity index is 2.21. The lowest BCUT2D eigenvalue weighted by molar-refractivity contribution is -0.141. The van der Waals surface area contributed by atoms with Crippen molar-refractivity contribution in [2.24, 2.45) is 0 Å². The largest absolute Gasteiger partial charge is 0.433 e. The van der Waals surface area contributed by atoms with Crippen LogP contribution in [0.15, 0.2) is 12.3 Å². The fourth-order valence-electron chi connectivity index (χ4n) is 1.80. The third kappa shape index (κ3) is 2.49. The Bertz CT molecular complexity index is 359. The van der Waals surface area contributed by atoms with Gasteiger partial charge in [0, 0.05) is 18.7 Å². The quantitative estimate of drug-likeness (QED) is 0.802. The summed E-state index contributed by atoms with van der Waals surface area (Å²) in [5.41, 5.74) is -0.858. The maximum atomic E-state index is 12.4. The lowest BCUT2D eigenvalue weighted by Gasteiger charge is -2.21. The van der Waals surface area contributed by atoms with E-state index in [0.29, 0.717) is 12.4 Å². The van der Waals surface area contributed by atoms with E-state index < -0.39 is 11.9 Å². The van der Waals surface area contributed by atoms with Gasteiger partial charge in [-0.05, 0) is 25.5 Å². The van der Waals surface area contributed by atoms with Crippen molar-refractivity contribution >= 4 is 0 Å². The van der Waals surface area contributed by atoms with Gasteiger partial charge in [0.1, 0.15) is 11.5 Å². The number of piperidine rings is 1. The van der Waals surface area contributed by atoms with Crippen molar-refractivity contribution in [1.82, 2.24) is 15.3 Å². The molecule has 1 fully saturated rings. The monoisotopic (exact) mass is 231 g/mol. The van der Waals surface area contributed by atoms with E-state index >= 15 is 0 Å². The molecular weight excluding hydrogens is 219 g/mol. The lowest BCUT2D eigenvalue weighted by Crippen LogP contribution is -2.29. The fraction of sp³-hybridized carbons (Fsp3) is 0.600. The Morgan fingerprint density at radius 2 is 2.19 bits per heavy atom. The minimum Gasteiger partial charge on any atom is -0.316 e. The van der Waals surface area contributed by atoms with Gasteiger partial charge in [0.25, 0.3) is 0 Å². The van der Waals surface area contributed by atoms with E-state index in [-0.39, 0.29) is 5.92 Å². The van der Waals surface area contributed by atoms with Gasteiger partial charge in [-0.15, -0.1) is 0 Å². The highest BCUT2D eigenvalue weighted by atomic mass is 19.4. The number of alkyl halides is 3. The number of rotatable bonds is 1. The minimum absolute atomic E-state index is 0.00366. The molecular formula is C10H12F3N3. The summed E-state index contributed by atoms with van der Waals surface area (Å²) in [7, 11) is 0. The van der Waals surface area contributed by atoms with Crippen molar-refractivity contribution in [2.45, 2.75) is 24.9 Å². The van der Waals surface area contributed by atoms with Crippen molar-refractivity contribution in [3.63, 3.8) is 0 Å². The van der Waals surface area contributed by atoms with Crippen LogP contribution in [0.4, 0.5) is 13.2 Å². The van der Waals surface area contributed by atoms with E-state index in [4.69, 9.17) is 0 Å². The highest BCUT2D eigenvalue weighted by Gasteiger charge is 2.33. The number of halogens is 3. The van der Waals surface area contributed by atoms with Gasteiger partial charge in [-0.1, -0.05) is 0 Å². The Morgan fingerprint density at radius 1 is 1.38 bits per heavy atom. The molecule has 0 radical (unpaired) electrons. The molecule has 0 aromatic carbocycles. The summed E-state index contributed by atoms with van der Waals surface area (Å²) in [5.74, 6) is 0.290. The van der Waals surface area contributed by atoms with Crippen molar-refractivity contribution in [3.8, 4) is 0 Å². The normalized spacial score (nSPS) is 22.1. The first-order valence-electron chi connectivity index (χ1n) is 5.18. The lowest BCUT2D eigenvalue weighted by atomic mass is 9.99. The van der Waals surface area contributed by atoms with Crippen molar-refractivity contribution < 1.29 is 13.2 Å². The smallest absolute Gasteiger partial charge is 0.316 e. The average molecular weight is 231 g/mol. The van der Waals surface area contributed by atoms with E-state index in [1.54, 1.807) is 0 Å². The summed E-state index contributed by atoms with van der Waals surface area (Å²) < 4.78 is 37.3.